The molecule has 2 nitrogen and oxygen atoms in total. The van der Waals surface area contributed by atoms with Crippen molar-refractivity contribution in [3.8, 4) is 27.9 Å². The number of hydrogen-bond donors (Lipinski definition) is 0. The molecule has 2 aromatic heterocycles. The van der Waals surface area contributed by atoms with Crippen LogP contribution in [0.5, 0.6) is 0 Å². The van der Waals surface area contributed by atoms with E-state index in [2.05, 4.69) is 216 Å². The predicted octanol–water partition coefficient (Wildman–Crippen LogP) is 15.1. The Labute approximate surface area is 323 Å². The maximum atomic E-state index is 2.43. The van der Waals surface area contributed by atoms with Crippen LogP contribution in [0.15, 0.2) is 206 Å². The first-order valence-electron chi connectivity index (χ1n) is 18.8. The minimum absolute atomic E-state index is 1.12. The van der Waals surface area contributed by atoms with Crippen molar-refractivity contribution in [1.29, 1.82) is 0 Å². The van der Waals surface area contributed by atoms with Crippen LogP contribution in [-0.4, -0.2) is 4.57 Å². The zero-order chi connectivity index (χ0) is 36.3. The quantitative estimate of drug-likeness (QED) is 0.166. The molecule has 2 heterocycles. The number of nitrogens with zero attached hydrogens (tertiary/aromatic N) is 2. The minimum Gasteiger partial charge on any atom is -0.309 e. The van der Waals surface area contributed by atoms with Crippen LogP contribution in [0.4, 0.5) is 17.1 Å². The van der Waals surface area contributed by atoms with E-state index in [9.17, 15) is 0 Å². The van der Waals surface area contributed by atoms with Gasteiger partial charge in [0.1, 0.15) is 0 Å². The Morgan fingerprint density at radius 3 is 1.67 bits per heavy atom. The summed E-state index contributed by atoms with van der Waals surface area (Å²) in [7, 11) is 0. The SMILES string of the molecule is c1ccc(-c2ccc(N(c3ccc(-c4ccc5c(c4)c4ccccc4n5-c4ccccc4)cc3)c3cccc4c3sc3c5ccccc5ccc43)cc2)cc1. The summed E-state index contributed by atoms with van der Waals surface area (Å²) in [5.74, 6) is 0. The summed E-state index contributed by atoms with van der Waals surface area (Å²) in [5, 5.41) is 7.68. The summed E-state index contributed by atoms with van der Waals surface area (Å²) in [6.07, 6.45) is 0. The van der Waals surface area contributed by atoms with E-state index in [4.69, 9.17) is 0 Å². The molecule has 11 aromatic rings. The van der Waals surface area contributed by atoms with Crippen molar-refractivity contribution in [3.05, 3.63) is 206 Å². The van der Waals surface area contributed by atoms with Crippen LogP contribution < -0.4 is 4.90 Å². The molecule has 11 rings (SSSR count). The summed E-state index contributed by atoms with van der Waals surface area (Å²) < 4.78 is 4.99. The normalized spacial score (nSPS) is 11.6. The van der Waals surface area contributed by atoms with E-state index in [1.807, 2.05) is 11.3 Å². The molecule has 258 valence electrons. The molecular formula is C52H34N2S. The molecule has 55 heavy (non-hydrogen) atoms. The lowest BCUT2D eigenvalue weighted by atomic mass is 10.0. The van der Waals surface area contributed by atoms with Crippen molar-refractivity contribution in [1.82, 2.24) is 4.57 Å². The number of thiophene rings is 1. The van der Waals surface area contributed by atoms with Gasteiger partial charge < -0.3 is 9.47 Å². The van der Waals surface area contributed by atoms with Gasteiger partial charge in [0, 0.05) is 43.3 Å². The molecule has 0 saturated carbocycles. The number of rotatable bonds is 6. The second-order valence-electron chi connectivity index (χ2n) is 14.1. The van der Waals surface area contributed by atoms with Crippen LogP contribution >= 0.6 is 11.3 Å². The summed E-state index contributed by atoms with van der Waals surface area (Å²) >= 11 is 1.89. The smallest absolute Gasteiger partial charge is 0.0640 e. The molecule has 3 heteroatoms. The Morgan fingerprint density at radius 1 is 0.345 bits per heavy atom. The summed E-state index contributed by atoms with van der Waals surface area (Å²) in [5.41, 5.74) is 11.8. The molecule has 0 unspecified atom stereocenters. The average molecular weight is 719 g/mol. The number of anilines is 3. The first-order chi connectivity index (χ1) is 27.3. The summed E-state index contributed by atoms with van der Waals surface area (Å²) in [6, 6.07) is 75.0. The monoisotopic (exact) mass is 718 g/mol. The van der Waals surface area contributed by atoms with Gasteiger partial charge in [-0.1, -0.05) is 146 Å². The highest BCUT2D eigenvalue weighted by Gasteiger charge is 2.20. The third-order valence-electron chi connectivity index (χ3n) is 11.0. The van der Waals surface area contributed by atoms with Gasteiger partial charge in [-0.15, -0.1) is 11.3 Å². The fourth-order valence-electron chi connectivity index (χ4n) is 8.36. The largest absolute Gasteiger partial charge is 0.309 e. The van der Waals surface area contributed by atoms with Gasteiger partial charge in [0.25, 0.3) is 0 Å². The molecule has 0 aliphatic rings. The second kappa shape index (κ2) is 12.9. The van der Waals surface area contributed by atoms with E-state index in [0.29, 0.717) is 0 Å². The van der Waals surface area contributed by atoms with Gasteiger partial charge in [-0.05, 0) is 93.7 Å². The lowest BCUT2D eigenvalue weighted by Crippen LogP contribution is -2.10. The van der Waals surface area contributed by atoms with Crippen LogP contribution in [0.1, 0.15) is 0 Å². The molecule has 0 fully saturated rings. The standard InChI is InChI=1S/C52H34N2S/c1-3-12-35(13-4-1)36-22-28-41(29-23-36)53(50-21-11-19-45-46-32-26-38-14-7-8-17-43(38)51(46)55-52(45)50)42-30-24-37(25-31-42)39-27-33-49-47(34-39)44-18-9-10-20-48(44)54(49)40-15-5-2-6-16-40/h1-34H. The molecule has 0 aliphatic carbocycles. The van der Waals surface area contributed by atoms with Crippen LogP contribution in [0, 0.1) is 0 Å². The fraction of sp³-hybridized carbons (Fsp3) is 0. The minimum atomic E-state index is 1.12. The number of hydrogen-bond acceptors (Lipinski definition) is 2. The van der Waals surface area contributed by atoms with E-state index in [-0.39, 0.29) is 0 Å². The Kier molecular flexibility index (Phi) is 7.39. The lowest BCUT2D eigenvalue weighted by molar-refractivity contribution is 1.18. The van der Waals surface area contributed by atoms with Gasteiger partial charge in [0.05, 0.1) is 21.4 Å². The number of fused-ring (bicyclic) bond motifs is 8. The number of para-hydroxylation sites is 2. The molecule has 0 saturated heterocycles. The second-order valence-corrected chi connectivity index (χ2v) is 15.2. The molecule has 0 atom stereocenters. The predicted molar refractivity (Wildman–Crippen MR) is 237 cm³/mol. The number of benzene rings is 9. The highest BCUT2D eigenvalue weighted by atomic mass is 32.1. The van der Waals surface area contributed by atoms with E-state index in [0.717, 1.165) is 11.4 Å². The van der Waals surface area contributed by atoms with Gasteiger partial charge in [0.2, 0.25) is 0 Å². The lowest BCUT2D eigenvalue weighted by Gasteiger charge is -2.26. The third kappa shape index (κ3) is 5.24. The van der Waals surface area contributed by atoms with Gasteiger partial charge in [-0.25, -0.2) is 0 Å². The Morgan fingerprint density at radius 2 is 0.909 bits per heavy atom. The highest BCUT2D eigenvalue weighted by molar-refractivity contribution is 7.27. The van der Waals surface area contributed by atoms with E-state index in [1.54, 1.807) is 0 Å². The molecule has 9 aromatic carbocycles. The molecule has 0 aliphatic heterocycles. The maximum Gasteiger partial charge on any atom is 0.0640 e. The zero-order valence-electron chi connectivity index (χ0n) is 29.9. The molecule has 0 spiro atoms. The molecular weight excluding hydrogens is 685 g/mol. The molecule has 0 amide bonds. The molecule has 0 bridgehead atoms. The van der Waals surface area contributed by atoms with Crippen LogP contribution in [0.3, 0.4) is 0 Å². The van der Waals surface area contributed by atoms with Crippen LogP contribution in [0.2, 0.25) is 0 Å². The highest BCUT2D eigenvalue weighted by Crippen LogP contribution is 2.47. The Hall–Kier alpha value is -6.94. The maximum absolute atomic E-state index is 2.43. The van der Waals surface area contributed by atoms with E-state index in [1.165, 1.54) is 86.4 Å². The number of aromatic nitrogens is 1. The van der Waals surface area contributed by atoms with Crippen molar-refractivity contribution in [2.24, 2.45) is 0 Å². The topological polar surface area (TPSA) is 8.17 Å². The molecule has 0 radical (unpaired) electrons. The van der Waals surface area contributed by atoms with Crippen LogP contribution in [-0.2, 0) is 0 Å². The Balaban J connectivity index is 1.05. The van der Waals surface area contributed by atoms with E-state index >= 15 is 0 Å². The van der Waals surface area contributed by atoms with Crippen molar-refractivity contribution in [3.63, 3.8) is 0 Å². The van der Waals surface area contributed by atoms with Gasteiger partial charge in [0.15, 0.2) is 0 Å². The third-order valence-corrected chi connectivity index (χ3v) is 12.3. The van der Waals surface area contributed by atoms with Crippen molar-refractivity contribution < 1.29 is 0 Å². The zero-order valence-corrected chi connectivity index (χ0v) is 30.7. The fourth-order valence-corrected chi connectivity index (χ4v) is 9.70. The Bertz CT molecular complexity index is 3180. The van der Waals surface area contributed by atoms with Crippen molar-refractivity contribution in [2.75, 3.05) is 4.90 Å². The molecule has 0 N–H and O–H groups in total. The van der Waals surface area contributed by atoms with E-state index < -0.39 is 0 Å². The van der Waals surface area contributed by atoms with Crippen LogP contribution in [0.25, 0.3) is 80.7 Å². The van der Waals surface area contributed by atoms with Gasteiger partial charge in [-0.3, -0.25) is 0 Å². The first-order valence-corrected chi connectivity index (χ1v) is 19.6. The van der Waals surface area contributed by atoms with Crippen molar-refractivity contribution >= 4 is 81.1 Å². The van der Waals surface area contributed by atoms with Crippen molar-refractivity contribution in [2.45, 2.75) is 0 Å². The first kappa shape index (κ1) is 31.6. The average Bonchev–Trinajstić information content (AvgIpc) is 3.81. The summed E-state index contributed by atoms with van der Waals surface area (Å²) in [4.78, 5) is 2.43. The summed E-state index contributed by atoms with van der Waals surface area (Å²) in [6.45, 7) is 0. The van der Waals surface area contributed by atoms with Gasteiger partial charge in [-0.2, -0.15) is 0 Å². The van der Waals surface area contributed by atoms with Gasteiger partial charge >= 0.3 is 0 Å².